The fourth-order valence-electron chi connectivity index (χ4n) is 1.55. The van der Waals surface area contributed by atoms with E-state index in [9.17, 15) is 14.8 Å². The Labute approximate surface area is 145 Å². The second kappa shape index (κ2) is 10.4. The number of ether oxygens (including phenoxy) is 2. The van der Waals surface area contributed by atoms with Crippen LogP contribution in [-0.2, 0) is 19.1 Å². The minimum atomic E-state index is -0.895. The van der Waals surface area contributed by atoms with Crippen molar-refractivity contribution in [2.24, 2.45) is 0 Å². The number of hydrogen-bond acceptors (Lipinski definition) is 6. The summed E-state index contributed by atoms with van der Waals surface area (Å²) in [5.74, 6) is -1.79. The normalized spacial score (nSPS) is 9.10. The predicted molar refractivity (Wildman–Crippen MR) is 73.1 cm³/mol. The summed E-state index contributed by atoms with van der Waals surface area (Å²) in [5.41, 5.74) is 1.43. The van der Waals surface area contributed by atoms with E-state index < -0.39 is 17.5 Å². The Kier molecular flexibility index (Phi) is 9.73. The van der Waals surface area contributed by atoms with Gasteiger partial charge in [0.2, 0.25) is 0 Å². The SMILES string of the molecule is CCOC(=O)C(C(=O)OCC)=C(N[O-])c1ccccc1.[Na+]. The summed E-state index contributed by atoms with van der Waals surface area (Å²) >= 11 is 0. The number of carbonyl (C=O) groups excluding carboxylic acids is 2. The van der Waals surface area contributed by atoms with Crippen LogP contribution in [0.3, 0.4) is 0 Å². The van der Waals surface area contributed by atoms with Crippen molar-refractivity contribution in [1.82, 2.24) is 5.48 Å². The maximum Gasteiger partial charge on any atom is 1.00 e. The van der Waals surface area contributed by atoms with Crippen LogP contribution in [0, 0.1) is 5.21 Å². The summed E-state index contributed by atoms with van der Waals surface area (Å²) in [6.45, 7) is 3.38. The van der Waals surface area contributed by atoms with Crippen molar-refractivity contribution < 1.29 is 48.6 Å². The van der Waals surface area contributed by atoms with Gasteiger partial charge in [-0.1, -0.05) is 30.3 Å². The topological polar surface area (TPSA) is 87.7 Å². The van der Waals surface area contributed by atoms with Gasteiger partial charge in [0, 0.05) is 0 Å². The first-order valence-electron chi connectivity index (χ1n) is 6.17. The fourth-order valence-corrected chi connectivity index (χ4v) is 1.55. The summed E-state index contributed by atoms with van der Waals surface area (Å²) < 4.78 is 9.60. The molecule has 0 radical (unpaired) electrons. The first-order chi connectivity index (χ1) is 9.65. The molecule has 7 heteroatoms. The number of hydrogen-bond donors (Lipinski definition) is 1. The van der Waals surface area contributed by atoms with Gasteiger partial charge < -0.3 is 20.2 Å². The molecule has 0 aliphatic rings. The molecule has 6 nitrogen and oxygen atoms in total. The number of hydroxylamine groups is 1. The number of nitrogens with one attached hydrogen (secondary N) is 1. The zero-order valence-electron chi connectivity index (χ0n) is 12.3. The molecule has 0 saturated heterocycles. The summed E-state index contributed by atoms with van der Waals surface area (Å²) in [6, 6.07) is 8.30. The van der Waals surface area contributed by atoms with Gasteiger partial charge >= 0.3 is 41.5 Å². The monoisotopic (exact) mass is 301 g/mol. The molecular weight excluding hydrogens is 285 g/mol. The number of esters is 2. The van der Waals surface area contributed by atoms with E-state index in [0.717, 1.165) is 0 Å². The Morgan fingerprint density at radius 2 is 1.52 bits per heavy atom. The van der Waals surface area contributed by atoms with E-state index in [1.165, 1.54) is 0 Å². The van der Waals surface area contributed by atoms with Gasteiger partial charge in [-0.15, -0.1) is 0 Å². The van der Waals surface area contributed by atoms with Gasteiger partial charge in [0.25, 0.3) is 0 Å². The maximum atomic E-state index is 11.9. The third kappa shape index (κ3) is 5.51. The standard InChI is InChI=1S/C14H16NO5.Na/c1-3-19-13(16)11(14(17)20-4-2)12(15-18)10-8-6-5-7-9-10;/h5-9,15H,3-4H2,1-2H3;/q-1;+1. The summed E-state index contributed by atoms with van der Waals surface area (Å²) in [5, 5.41) is 11.2. The number of rotatable bonds is 6. The van der Waals surface area contributed by atoms with E-state index in [0.29, 0.717) is 5.56 Å². The molecule has 0 unspecified atom stereocenters. The number of benzene rings is 1. The smallest absolute Gasteiger partial charge is 0.761 e. The van der Waals surface area contributed by atoms with Crippen LogP contribution in [-0.4, -0.2) is 25.2 Å². The zero-order chi connectivity index (χ0) is 15.0. The predicted octanol–water partition coefficient (Wildman–Crippen LogP) is -1.38. The van der Waals surface area contributed by atoms with Gasteiger partial charge in [0.05, 0.1) is 18.9 Å². The molecule has 0 spiro atoms. The van der Waals surface area contributed by atoms with Crippen LogP contribution in [0.1, 0.15) is 19.4 Å². The van der Waals surface area contributed by atoms with Crippen molar-refractivity contribution in [3.63, 3.8) is 0 Å². The Hall–Kier alpha value is -1.34. The van der Waals surface area contributed by atoms with Crippen LogP contribution < -0.4 is 35.0 Å². The molecule has 0 aromatic heterocycles. The first-order valence-corrected chi connectivity index (χ1v) is 6.17. The molecule has 0 heterocycles. The van der Waals surface area contributed by atoms with Gasteiger partial charge in [-0.05, 0) is 19.4 Å². The quantitative estimate of drug-likeness (QED) is 0.174. The van der Waals surface area contributed by atoms with Crippen LogP contribution in [0.25, 0.3) is 5.70 Å². The van der Waals surface area contributed by atoms with Crippen molar-refractivity contribution in [2.75, 3.05) is 13.2 Å². The van der Waals surface area contributed by atoms with Crippen LogP contribution in [0.15, 0.2) is 35.9 Å². The van der Waals surface area contributed by atoms with Gasteiger partial charge in [0.15, 0.2) is 5.57 Å². The van der Waals surface area contributed by atoms with E-state index in [1.807, 2.05) is 0 Å². The molecule has 0 aliphatic heterocycles. The Bertz CT molecular complexity index is 481. The average Bonchev–Trinajstić information content (AvgIpc) is 2.45. The average molecular weight is 301 g/mol. The third-order valence-corrected chi connectivity index (χ3v) is 2.37. The second-order valence-corrected chi connectivity index (χ2v) is 3.66. The van der Waals surface area contributed by atoms with Crippen LogP contribution in [0.2, 0.25) is 0 Å². The van der Waals surface area contributed by atoms with Crippen molar-refractivity contribution in [1.29, 1.82) is 0 Å². The largest absolute Gasteiger partial charge is 1.00 e. The van der Waals surface area contributed by atoms with Crippen LogP contribution in [0.4, 0.5) is 0 Å². The molecule has 1 aromatic rings. The first kappa shape index (κ1) is 19.7. The van der Waals surface area contributed by atoms with E-state index >= 15 is 0 Å². The molecule has 1 N–H and O–H groups in total. The van der Waals surface area contributed by atoms with E-state index in [4.69, 9.17) is 9.47 Å². The van der Waals surface area contributed by atoms with Crippen molar-refractivity contribution in [3.05, 3.63) is 46.7 Å². The molecular formula is C14H16NNaO5. The molecule has 0 fully saturated rings. The van der Waals surface area contributed by atoms with Crippen molar-refractivity contribution in [3.8, 4) is 0 Å². The minimum absolute atomic E-state index is 0. The molecule has 108 valence electrons. The molecule has 0 saturated carbocycles. The summed E-state index contributed by atoms with van der Waals surface area (Å²) in [6.07, 6.45) is 0. The second-order valence-electron chi connectivity index (χ2n) is 3.66. The van der Waals surface area contributed by atoms with E-state index in [2.05, 4.69) is 0 Å². The zero-order valence-corrected chi connectivity index (χ0v) is 14.3. The van der Waals surface area contributed by atoms with Crippen molar-refractivity contribution in [2.45, 2.75) is 13.8 Å². The molecule has 0 aliphatic carbocycles. The van der Waals surface area contributed by atoms with Gasteiger partial charge in [-0.3, -0.25) is 0 Å². The van der Waals surface area contributed by atoms with Gasteiger partial charge in [-0.25, -0.2) is 9.59 Å². The Morgan fingerprint density at radius 3 is 1.90 bits per heavy atom. The van der Waals surface area contributed by atoms with Crippen molar-refractivity contribution >= 4 is 17.6 Å². The molecule has 1 aromatic carbocycles. The maximum absolute atomic E-state index is 11.9. The number of carbonyl (C=O) groups is 2. The third-order valence-electron chi connectivity index (χ3n) is 2.37. The van der Waals surface area contributed by atoms with Crippen LogP contribution >= 0.6 is 0 Å². The Balaban J connectivity index is 0.00000400. The van der Waals surface area contributed by atoms with E-state index in [1.54, 1.807) is 49.7 Å². The van der Waals surface area contributed by atoms with Gasteiger partial charge in [-0.2, -0.15) is 0 Å². The molecule has 0 amide bonds. The molecule has 21 heavy (non-hydrogen) atoms. The van der Waals surface area contributed by atoms with E-state index in [-0.39, 0.29) is 48.5 Å². The summed E-state index contributed by atoms with van der Waals surface area (Å²) in [4.78, 5) is 23.7. The van der Waals surface area contributed by atoms with Crippen LogP contribution in [0.5, 0.6) is 0 Å². The molecule has 1 rings (SSSR count). The molecule has 0 atom stereocenters. The minimum Gasteiger partial charge on any atom is -0.761 e. The molecule has 0 bridgehead atoms. The summed E-state index contributed by atoms with van der Waals surface area (Å²) in [7, 11) is 0. The Morgan fingerprint density at radius 1 is 1.05 bits per heavy atom. The fraction of sp³-hybridized carbons (Fsp3) is 0.286. The van der Waals surface area contributed by atoms with Gasteiger partial charge in [0.1, 0.15) is 0 Å².